The zero-order chi connectivity index (χ0) is 19.3. The summed E-state index contributed by atoms with van der Waals surface area (Å²) >= 11 is 6.09. The third-order valence-electron chi connectivity index (χ3n) is 5.47. The Kier molecular flexibility index (Phi) is 9.20. The Morgan fingerprint density at radius 1 is 0.967 bits per heavy atom. The molecule has 2 N–H and O–H groups in total. The molecule has 0 bridgehead atoms. The molecule has 1 aromatic heterocycles. The van der Waals surface area contributed by atoms with Crippen LogP contribution in [0.5, 0.6) is 0 Å². The minimum absolute atomic E-state index is 0. The lowest BCUT2D eigenvalue weighted by Gasteiger charge is -2.30. The predicted molar refractivity (Wildman–Crippen MR) is 129 cm³/mol. The van der Waals surface area contributed by atoms with Crippen molar-refractivity contribution in [3.8, 4) is 6.07 Å². The van der Waals surface area contributed by atoms with Crippen LogP contribution in [0.4, 0.5) is 5.69 Å². The number of anilines is 1. The van der Waals surface area contributed by atoms with Crippen LogP contribution >= 0.6 is 36.4 Å². The van der Waals surface area contributed by atoms with Gasteiger partial charge >= 0.3 is 0 Å². The molecule has 1 aliphatic rings. The van der Waals surface area contributed by atoms with Crippen molar-refractivity contribution in [2.45, 2.75) is 44.3 Å². The second-order valence-electron chi connectivity index (χ2n) is 7.40. The first-order chi connectivity index (χ1) is 13.7. The molecule has 7 heteroatoms. The normalized spacial score (nSPS) is 18.0. The molecule has 0 radical (unpaired) electrons. The van der Waals surface area contributed by atoms with E-state index in [-0.39, 0.29) is 24.8 Å². The third-order valence-corrected chi connectivity index (χ3v) is 5.70. The van der Waals surface area contributed by atoms with Gasteiger partial charge in [0.1, 0.15) is 0 Å². The molecule has 158 valence electrons. The highest BCUT2D eigenvalue weighted by Crippen LogP contribution is 2.28. The molecule has 0 spiro atoms. The Morgan fingerprint density at radius 3 is 2.37 bits per heavy atom. The number of nitrogens with zero attached hydrogens (tertiary/aromatic N) is 2. The molecule has 0 unspecified atom stereocenters. The first-order valence-corrected chi connectivity index (χ1v) is 10.1. The van der Waals surface area contributed by atoms with Gasteiger partial charge in [-0.25, -0.2) is 0 Å². The van der Waals surface area contributed by atoms with Gasteiger partial charge in [-0.05, 0) is 67.6 Å². The first-order valence-electron chi connectivity index (χ1n) is 9.74. The number of hydrogen-bond donors (Lipinski definition) is 2. The average Bonchev–Trinajstić information content (AvgIpc) is 2.73. The van der Waals surface area contributed by atoms with Gasteiger partial charge < -0.3 is 10.6 Å². The Balaban J connectivity index is 0.00000160. The standard InChI is InChI=1S/C23H23ClN4.2ClH/c24-18-5-10-21-22(11-12-26-23(21)13-18)28-20-8-6-19(7-9-20)27-15-17-3-1-16(14-25)2-4-17;;/h1-5,10-13,19-20,27H,6-9,15H2,(H,26,28);2*1H. The molecule has 3 aromatic rings. The number of nitrogens with one attached hydrogen (secondary N) is 2. The summed E-state index contributed by atoms with van der Waals surface area (Å²) in [4.78, 5) is 4.42. The number of rotatable bonds is 5. The van der Waals surface area contributed by atoms with E-state index in [0.29, 0.717) is 22.7 Å². The minimum atomic E-state index is 0. The highest BCUT2D eigenvalue weighted by molar-refractivity contribution is 6.31. The van der Waals surface area contributed by atoms with Gasteiger partial charge in [0.15, 0.2) is 0 Å². The lowest BCUT2D eigenvalue weighted by atomic mass is 9.90. The molecule has 1 aliphatic carbocycles. The van der Waals surface area contributed by atoms with Gasteiger partial charge in [-0.1, -0.05) is 23.7 Å². The van der Waals surface area contributed by atoms with Gasteiger partial charge in [0.05, 0.1) is 17.1 Å². The second kappa shape index (κ2) is 11.4. The number of nitriles is 1. The van der Waals surface area contributed by atoms with Crippen LogP contribution in [-0.2, 0) is 6.54 Å². The van der Waals surface area contributed by atoms with Crippen LogP contribution in [-0.4, -0.2) is 17.1 Å². The summed E-state index contributed by atoms with van der Waals surface area (Å²) in [7, 11) is 0. The largest absolute Gasteiger partial charge is 0.382 e. The van der Waals surface area contributed by atoms with Crippen molar-refractivity contribution in [2.75, 3.05) is 5.32 Å². The molecule has 4 nitrogen and oxygen atoms in total. The topological polar surface area (TPSA) is 60.7 Å². The van der Waals surface area contributed by atoms with Crippen LogP contribution in [0.3, 0.4) is 0 Å². The number of pyridine rings is 1. The molecule has 0 atom stereocenters. The quantitative estimate of drug-likeness (QED) is 0.479. The summed E-state index contributed by atoms with van der Waals surface area (Å²) in [5.74, 6) is 0. The highest BCUT2D eigenvalue weighted by Gasteiger charge is 2.21. The van der Waals surface area contributed by atoms with Gasteiger partial charge in [-0.15, -0.1) is 24.8 Å². The Labute approximate surface area is 194 Å². The molecular formula is C23H25Cl3N4. The van der Waals surface area contributed by atoms with E-state index in [4.69, 9.17) is 16.9 Å². The van der Waals surface area contributed by atoms with Crippen molar-refractivity contribution in [1.82, 2.24) is 10.3 Å². The maximum absolute atomic E-state index is 8.88. The lowest BCUT2D eigenvalue weighted by molar-refractivity contribution is 0.353. The molecule has 30 heavy (non-hydrogen) atoms. The molecule has 0 saturated heterocycles. The monoisotopic (exact) mass is 462 g/mol. The van der Waals surface area contributed by atoms with Gasteiger partial charge in [0.25, 0.3) is 0 Å². The first kappa shape index (κ1) is 24.2. The number of aromatic nitrogens is 1. The summed E-state index contributed by atoms with van der Waals surface area (Å²) in [6.45, 7) is 0.851. The predicted octanol–water partition coefficient (Wildman–Crippen LogP) is 6.12. The fourth-order valence-corrected chi connectivity index (χ4v) is 4.03. The van der Waals surface area contributed by atoms with E-state index >= 15 is 0 Å². The Bertz CT molecular complexity index is 993. The van der Waals surface area contributed by atoms with Crippen LogP contribution in [0.1, 0.15) is 36.8 Å². The van der Waals surface area contributed by atoms with E-state index in [2.05, 4.69) is 21.7 Å². The molecular weight excluding hydrogens is 439 g/mol. The van der Waals surface area contributed by atoms with Crippen molar-refractivity contribution in [2.24, 2.45) is 0 Å². The zero-order valence-electron chi connectivity index (χ0n) is 16.5. The van der Waals surface area contributed by atoms with Crippen LogP contribution in [0.25, 0.3) is 10.9 Å². The van der Waals surface area contributed by atoms with Crippen molar-refractivity contribution in [3.63, 3.8) is 0 Å². The van der Waals surface area contributed by atoms with Gasteiger partial charge in [0, 0.05) is 40.9 Å². The summed E-state index contributed by atoms with van der Waals surface area (Å²) < 4.78 is 0. The van der Waals surface area contributed by atoms with Crippen molar-refractivity contribution in [3.05, 3.63) is 70.9 Å². The maximum Gasteiger partial charge on any atom is 0.0991 e. The van der Waals surface area contributed by atoms with E-state index < -0.39 is 0 Å². The fraction of sp³-hybridized carbons (Fsp3) is 0.304. The molecule has 1 fully saturated rings. The highest BCUT2D eigenvalue weighted by atomic mass is 35.5. The lowest BCUT2D eigenvalue weighted by Crippen LogP contribution is -2.36. The minimum Gasteiger partial charge on any atom is -0.382 e. The van der Waals surface area contributed by atoms with E-state index in [1.54, 1.807) is 0 Å². The Hall–Kier alpha value is -2.03. The zero-order valence-corrected chi connectivity index (χ0v) is 18.9. The molecule has 0 aliphatic heterocycles. The molecule has 2 aromatic carbocycles. The van der Waals surface area contributed by atoms with E-state index in [1.165, 1.54) is 5.56 Å². The Morgan fingerprint density at radius 2 is 1.67 bits per heavy atom. The smallest absolute Gasteiger partial charge is 0.0991 e. The summed E-state index contributed by atoms with van der Waals surface area (Å²) in [6, 6.07) is 18.9. The van der Waals surface area contributed by atoms with E-state index in [9.17, 15) is 0 Å². The van der Waals surface area contributed by atoms with Crippen molar-refractivity contribution >= 4 is 53.0 Å². The van der Waals surface area contributed by atoms with Gasteiger partial charge in [-0.2, -0.15) is 5.26 Å². The van der Waals surface area contributed by atoms with E-state index in [1.807, 2.05) is 54.7 Å². The maximum atomic E-state index is 8.88. The summed E-state index contributed by atoms with van der Waals surface area (Å²) in [5, 5.41) is 18.1. The van der Waals surface area contributed by atoms with Crippen molar-refractivity contribution < 1.29 is 0 Å². The van der Waals surface area contributed by atoms with Crippen LogP contribution in [0.15, 0.2) is 54.7 Å². The molecule has 1 saturated carbocycles. The van der Waals surface area contributed by atoms with Crippen LogP contribution < -0.4 is 10.6 Å². The fourth-order valence-electron chi connectivity index (χ4n) is 3.87. The third kappa shape index (κ3) is 6.00. The van der Waals surface area contributed by atoms with E-state index in [0.717, 1.165) is 48.8 Å². The number of benzene rings is 2. The summed E-state index contributed by atoms with van der Waals surface area (Å²) in [5.41, 5.74) is 3.99. The van der Waals surface area contributed by atoms with Gasteiger partial charge in [-0.3, -0.25) is 4.98 Å². The average molecular weight is 464 g/mol. The molecule has 4 rings (SSSR count). The number of fused-ring (bicyclic) bond motifs is 1. The molecule has 1 heterocycles. The SMILES string of the molecule is Cl.Cl.N#Cc1ccc(CNC2CCC(Nc3ccnc4cc(Cl)ccc34)CC2)cc1. The van der Waals surface area contributed by atoms with Gasteiger partial charge in [0.2, 0.25) is 0 Å². The molecule has 0 amide bonds. The number of hydrogen-bond acceptors (Lipinski definition) is 4. The number of halogens is 3. The van der Waals surface area contributed by atoms with Crippen LogP contribution in [0.2, 0.25) is 5.02 Å². The second-order valence-corrected chi connectivity index (χ2v) is 7.84. The van der Waals surface area contributed by atoms with Crippen LogP contribution in [0, 0.1) is 11.3 Å². The summed E-state index contributed by atoms with van der Waals surface area (Å²) in [6.07, 6.45) is 6.43. The van der Waals surface area contributed by atoms with Crippen molar-refractivity contribution in [1.29, 1.82) is 5.26 Å².